The first-order valence-electron chi connectivity index (χ1n) is 16.0. The lowest BCUT2D eigenvalue weighted by atomic mass is 9.60. The van der Waals surface area contributed by atoms with Crippen molar-refractivity contribution in [1.82, 2.24) is 9.88 Å². The highest BCUT2D eigenvalue weighted by Crippen LogP contribution is 2.52. The Balaban J connectivity index is 1.27. The lowest BCUT2D eigenvalue weighted by molar-refractivity contribution is -0.199. The lowest BCUT2D eigenvalue weighted by Gasteiger charge is -2.55. The van der Waals surface area contributed by atoms with Gasteiger partial charge in [-0.3, -0.25) is 9.69 Å². The highest BCUT2D eigenvalue weighted by molar-refractivity contribution is 5.88. The maximum absolute atomic E-state index is 13.5. The van der Waals surface area contributed by atoms with E-state index in [1.54, 1.807) is 32.4 Å². The zero-order valence-electron chi connectivity index (χ0n) is 28.0. The quantitative estimate of drug-likeness (QED) is 0.256. The van der Waals surface area contributed by atoms with Crippen LogP contribution in [0.2, 0.25) is 0 Å². The van der Waals surface area contributed by atoms with Crippen LogP contribution < -0.4 is 18.9 Å². The number of nitrogens with zero attached hydrogens (tertiary/aromatic N) is 1. The molecule has 11 nitrogen and oxygen atoms in total. The number of nitrogens with one attached hydrogen (secondary N) is 1. The number of methoxy groups -OCH3 is 6. The number of fused-ring (bicyclic) bond motifs is 6. The maximum atomic E-state index is 13.5. The van der Waals surface area contributed by atoms with Crippen molar-refractivity contribution in [3.63, 3.8) is 0 Å². The van der Waals surface area contributed by atoms with E-state index in [9.17, 15) is 9.59 Å². The van der Waals surface area contributed by atoms with E-state index in [1.807, 2.05) is 12.1 Å². The van der Waals surface area contributed by atoms with Crippen molar-refractivity contribution in [2.24, 2.45) is 23.7 Å². The minimum Gasteiger partial charge on any atom is -0.497 e. The first-order chi connectivity index (χ1) is 22.8. The Hall–Kier alpha value is -4.22. The zero-order valence-corrected chi connectivity index (χ0v) is 28.0. The third-order valence-corrected chi connectivity index (χ3v) is 10.5. The number of aromatic amines is 1. The van der Waals surface area contributed by atoms with Gasteiger partial charge >= 0.3 is 11.9 Å². The molecule has 11 heteroatoms. The molecule has 0 unspecified atom stereocenters. The fourth-order valence-electron chi connectivity index (χ4n) is 8.25. The van der Waals surface area contributed by atoms with Crippen molar-refractivity contribution in [1.29, 1.82) is 0 Å². The molecule has 1 saturated heterocycles. The third-order valence-electron chi connectivity index (χ3n) is 10.5. The molecular formula is C36H44N2O9. The predicted molar refractivity (Wildman–Crippen MR) is 175 cm³/mol. The molecule has 0 radical (unpaired) electrons. The SMILES string of the molecule is COC(=O)[C@H]1[C@H]2C[C@@H]3c4[nH]c5cc(OC)ccc5c4CCN3C[C@H]2[C@H](C)[C@H](OC(=O)/C=C\c2cc(OC)c(OC)c(OC)c2)[C@H]1OC. The normalized spacial score (nSPS) is 27.0. The summed E-state index contributed by atoms with van der Waals surface area (Å²) >= 11 is 0. The second-order valence-electron chi connectivity index (χ2n) is 12.6. The summed E-state index contributed by atoms with van der Waals surface area (Å²) < 4.78 is 39.3. The summed E-state index contributed by atoms with van der Waals surface area (Å²) in [4.78, 5) is 33.0. The average Bonchev–Trinajstić information content (AvgIpc) is 3.48. The number of H-pyrrole nitrogens is 1. The minimum atomic E-state index is -0.668. The van der Waals surface area contributed by atoms with Crippen LogP contribution in [-0.2, 0) is 30.2 Å². The standard InChI is InChI=1S/C36H44N2O9/c1-19-25-18-38-13-12-23-22-10-9-21(41-2)16-26(22)37-32(23)27(38)17-24(25)31(36(40)46-7)35(45-6)33(19)47-30(39)11-8-20-14-28(42-3)34(44-5)29(15-20)43-4/h8-11,14-16,19,24-25,27,31,33,35,37H,12-13,17-18H2,1-7H3/b11-8-/t19-,24-,25-,27+,31-,33-,35-/m0/s1. The molecule has 7 atom stereocenters. The summed E-state index contributed by atoms with van der Waals surface area (Å²) in [5.74, 6) is 0.721. The molecule has 1 aromatic heterocycles. The number of carbonyl (C=O) groups is 2. The van der Waals surface area contributed by atoms with Gasteiger partial charge in [0.1, 0.15) is 18.0 Å². The van der Waals surface area contributed by atoms with Gasteiger partial charge in [0.25, 0.3) is 0 Å². The van der Waals surface area contributed by atoms with E-state index in [-0.39, 0.29) is 29.8 Å². The summed E-state index contributed by atoms with van der Waals surface area (Å²) in [5.41, 5.74) is 4.26. The number of piperidine rings is 1. The number of esters is 2. The summed E-state index contributed by atoms with van der Waals surface area (Å²) in [6, 6.07) is 9.78. The van der Waals surface area contributed by atoms with E-state index in [0.29, 0.717) is 22.8 Å². The van der Waals surface area contributed by atoms with Gasteiger partial charge in [-0.15, -0.1) is 0 Å². The van der Waals surface area contributed by atoms with E-state index < -0.39 is 24.1 Å². The number of carbonyl (C=O) groups excluding carboxylic acids is 2. The monoisotopic (exact) mass is 648 g/mol. The van der Waals surface area contributed by atoms with E-state index in [4.69, 9.17) is 33.2 Å². The van der Waals surface area contributed by atoms with Crippen LogP contribution in [0.4, 0.5) is 0 Å². The van der Waals surface area contributed by atoms with Crippen molar-refractivity contribution in [3.8, 4) is 23.0 Å². The Bertz CT molecular complexity index is 1640. The molecule has 2 aromatic carbocycles. The number of hydrogen-bond acceptors (Lipinski definition) is 10. The first kappa shape index (κ1) is 32.7. The molecule has 0 amide bonds. The highest BCUT2D eigenvalue weighted by Gasteiger charge is 2.57. The van der Waals surface area contributed by atoms with Crippen molar-refractivity contribution < 1.29 is 42.7 Å². The molecule has 1 N–H and O–H groups in total. The van der Waals surface area contributed by atoms with Gasteiger partial charge in [0.05, 0.1) is 47.5 Å². The largest absolute Gasteiger partial charge is 0.497 e. The van der Waals surface area contributed by atoms with Crippen LogP contribution in [0.3, 0.4) is 0 Å². The Morgan fingerprint density at radius 3 is 2.30 bits per heavy atom. The highest BCUT2D eigenvalue weighted by atomic mass is 16.6. The molecule has 3 heterocycles. The Morgan fingerprint density at radius 2 is 1.66 bits per heavy atom. The zero-order chi connectivity index (χ0) is 33.4. The molecule has 6 rings (SSSR count). The van der Waals surface area contributed by atoms with Crippen molar-refractivity contribution in [3.05, 3.63) is 53.2 Å². The molecule has 0 bridgehead atoms. The fourth-order valence-corrected chi connectivity index (χ4v) is 8.25. The van der Waals surface area contributed by atoms with Gasteiger partial charge in [0, 0.05) is 54.9 Å². The van der Waals surface area contributed by atoms with Gasteiger partial charge in [-0.1, -0.05) is 6.92 Å². The number of ether oxygens (including phenoxy) is 7. The van der Waals surface area contributed by atoms with Gasteiger partial charge in [-0.05, 0) is 66.1 Å². The van der Waals surface area contributed by atoms with Crippen LogP contribution in [0.15, 0.2) is 36.4 Å². The molecule has 2 aliphatic heterocycles. The Labute approximate surface area is 275 Å². The average molecular weight is 649 g/mol. The molecule has 3 aliphatic rings. The van der Waals surface area contributed by atoms with Gasteiger partial charge in [-0.2, -0.15) is 0 Å². The number of aromatic nitrogens is 1. The maximum Gasteiger partial charge on any atom is 0.331 e. The van der Waals surface area contributed by atoms with Crippen LogP contribution >= 0.6 is 0 Å². The van der Waals surface area contributed by atoms with Crippen LogP contribution in [0.25, 0.3) is 17.0 Å². The smallest absolute Gasteiger partial charge is 0.331 e. The van der Waals surface area contributed by atoms with Crippen LogP contribution in [0.5, 0.6) is 23.0 Å². The molecule has 252 valence electrons. The van der Waals surface area contributed by atoms with Crippen LogP contribution in [0, 0.1) is 23.7 Å². The fraction of sp³-hybridized carbons (Fsp3) is 0.500. The summed E-state index contributed by atoms with van der Waals surface area (Å²) in [7, 11) is 9.25. The first-order valence-corrected chi connectivity index (χ1v) is 16.0. The van der Waals surface area contributed by atoms with Gasteiger partial charge in [-0.25, -0.2) is 4.79 Å². The van der Waals surface area contributed by atoms with Crippen molar-refractivity contribution >= 4 is 28.9 Å². The van der Waals surface area contributed by atoms with Crippen LogP contribution in [0.1, 0.15) is 36.2 Å². The predicted octanol–water partition coefficient (Wildman–Crippen LogP) is 4.82. The van der Waals surface area contributed by atoms with E-state index in [0.717, 1.165) is 37.2 Å². The molecule has 1 aliphatic carbocycles. The van der Waals surface area contributed by atoms with Crippen molar-refractivity contribution in [2.75, 3.05) is 55.7 Å². The third kappa shape index (κ3) is 5.80. The second-order valence-corrected chi connectivity index (χ2v) is 12.6. The Morgan fingerprint density at radius 1 is 0.915 bits per heavy atom. The van der Waals surface area contributed by atoms with E-state index in [1.165, 1.54) is 51.2 Å². The van der Waals surface area contributed by atoms with Crippen LogP contribution in [-0.4, -0.2) is 89.8 Å². The molecule has 2 fully saturated rings. The number of benzene rings is 2. The Kier molecular flexibility index (Phi) is 9.39. The van der Waals surface area contributed by atoms with Gasteiger partial charge < -0.3 is 38.1 Å². The van der Waals surface area contributed by atoms with Gasteiger partial charge in [0.2, 0.25) is 5.75 Å². The molecule has 0 spiro atoms. The van der Waals surface area contributed by atoms with E-state index in [2.05, 4.69) is 22.9 Å². The lowest BCUT2D eigenvalue weighted by Crippen LogP contribution is -2.61. The summed E-state index contributed by atoms with van der Waals surface area (Å²) in [6.07, 6.45) is 3.36. The summed E-state index contributed by atoms with van der Waals surface area (Å²) in [5, 5.41) is 1.21. The minimum absolute atomic E-state index is 0.0275. The van der Waals surface area contributed by atoms with E-state index >= 15 is 0 Å². The summed E-state index contributed by atoms with van der Waals surface area (Å²) in [6.45, 7) is 3.78. The van der Waals surface area contributed by atoms with Crippen molar-refractivity contribution in [2.45, 2.75) is 38.0 Å². The molecule has 3 aromatic rings. The topological polar surface area (TPSA) is 118 Å². The number of rotatable bonds is 9. The molecule has 1 saturated carbocycles. The van der Waals surface area contributed by atoms with Gasteiger partial charge in [0.15, 0.2) is 11.5 Å². The second kappa shape index (κ2) is 13.5. The molecular weight excluding hydrogens is 604 g/mol. The number of hydrogen-bond donors (Lipinski definition) is 1. The molecule has 47 heavy (non-hydrogen) atoms.